The van der Waals surface area contributed by atoms with Gasteiger partial charge in [0.05, 0.1) is 22.2 Å². The van der Waals surface area contributed by atoms with E-state index in [2.05, 4.69) is 0 Å². The maximum atomic E-state index is 12.8. The number of carbonyl (C=O) groups excluding carboxylic acids is 1. The molecule has 134 valence electrons. The van der Waals surface area contributed by atoms with Crippen LogP contribution in [0.5, 0.6) is 5.75 Å². The summed E-state index contributed by atoms with van der Waals surface area (Å²) in [6, 6.07) is 10.8. The molecule has 0 spiro atoms. The number of nitrogens with two attached hydrogens (primary N) is 1. The summed E-state index contributed by atoms with van der Waals surface area (Å²) in [5, 5.41) is 9.46. The van der Waals surface area contributed by atoms with Crippen molar-refractivity contribution in [1.82, 2.24) is 0 Å². The van der Waals surface area contributed by atoms with Crippen molar-refractivity contribution in [3.63, 3.8) is 0 Å². The second kappa shape index (κ2) is 7.93. The van der Waals surface area contributed by atoms with Crippen LogP contribution in [0.4, 0.5) is 13.2 Å². The number of hydrogen-bond donors (Lipinski definition) is 1. The fraction of sp³-hybridized carbons (Fsp3) is 0.111. The highest BCUT2D eigenvalue weighted by Crippen LogP contribution is 2.32. The predicted octanol–water partition coefficient (Wildman–Crippen LogP) is 4.29. The molecule has 0 fully saturated rings. The van der Waals surface area contributed by atoms with Crippen molar-refractivity contribution in [3.05, 3.63) is 64.2 Å². The van der Waals surface area contributed by atoms with Gasteiger partial charge in [-0.3, -0.25) is 4.79 Å². The molecule has 0 heterocycles. The lowest BCUT2D eigenvalue weighted by Crippen LogP contribution is -2.20. The molecule has 0 bridgehead atoms. The Balaban J connectivity index is 2.34. The summed E-state index contributed by atoms with van der Waals surface area (Å²) in [6.07, 6.45) is -3.10. The summed E-state index contributed by atoms with van der Waals surface area (Å²) in [5.41, 5.74) is 4.79. The molecule has 0 aromatic heterocycles. The number of rotatable bonds is 5. The lowest BCUT2D eigenvalue weighted by Gasteiger charge is -2.09. The van der Waals surface area contributed by atoms with Crippen LogP contribution in [-0.4, -0.2) is 12.5 Å². The van der Waals surface area contributed by atoms with E-state index in [4.69, 9.17) is 22.1 Å². The Kier molecular flexibility index (Phi) is 5.90. The van der Waals surface area contributed by atoms with Gasteiger partial charge in [-0.05, 0) is 41.5 Å². The first-order valence-corrected chi connectivity index (χ1v) is 7.58. The number of amides is 1. The van der Waals surface area contributed by atoms with Gasteiger partial charge in [0.25, 0.3) is 5.91 Å². The summed E-state index contributed by atoms with van der Waals surface area (Å²) in [7, 11) is 0. The number of nitrogens with zero attached hydrogens (tertiary/aromatic N) is 1. The van der Waals surface area contributed by atoms with E-state index >= 15 is 0 Å². The van der Waals surface area contributed by atoms with Crippen LogP contribution in [-0.2, 0) is 11.0 Å². The number of hydrogen-bond acceptors (Lipinski definition) is 3. The van der Waals surface area contributed by atoms with E-state index < -0.39 is 17.6 Å². The number of halogens is 4. The quantitative estimate of drug-likeness (QED) is 0.621. The van der Waals surface area contributed by atoms with Crippen LogP contribution in [0.3, 0.4) is 0 Å². The molecule has 0 saturated carbocycles. The molecule has 2 N–H and O–H groups in total. The molecular formula is C18H12ClF3N2O2. The highest BCUT2D eigenvalue weighted by Gasteiger charge is 2.30. The summed E-state index contributed by atoms with van der Waals surface area (Å²) < 4.78 is 43.6. The van der Waals surface area contributed by atoms with E-state index in [-0.39, 0.29) is 28.5 Å². The number of allylic oxidation sites excluding steroid dienone is 1. The highest BCUT2D eigenvalue weighted by molar-refractivity contribution is 6.32. The predicted molar refractivity (Wildman–Crippen MR) is 91.1 cm³/mol. The molecule has 4 nitrogen and oxygen atoms in total. The van der Waals surface area contributed by atoms with Crippen molar-refractivity contribution in [2.75, 3.05) is 6.61 Å². The van der Waals surface area contributed by atoms with E-state index in [1.165, 1.54) is 30.3 Å². The minimum atomic E-state index is -4.50. The molecule has 8 heteroatoms. The van der Waals surface area contributed by atoms with Gasteiger partial charge in [0.15, 0.2) is 6.61 Å². The summed E-state index contributed by atoms with van der Waals surface area (Å²) in [4.78, 5) is 10.7. The third-order valence-corrected chi connectivity index (χ3v) is 3.55. The summed E-state index contributed by atoms with van der Waals surface area (Å²) in [6.45, 7) is -0.345. The zero-order chi connectivity index (χ0) is 19.3. The topological polar surface area (TPSA) is 76.1 Å². The van der Waals surface area contributed by atoms with Gasteiger partial charge in [-0.1, -0.05) is 29.8 Å². The average molecular weight is 381 g/mol. The van der Waals surface area contributed by atoms with E-state index in [1.54, 1.807) is 6.07 Å². The van der Waals surface area contributed by atoms with Crippen LogP contribution >= 0.6 is 11.6 Å². The maximum absolute atomic E-state index is 12.8. The van der Waals surface area contributed by atoms with Gasteiger partial charge >= 0.3 is 6.18 Å². The van der Waals surface area contributed by atoms with Crippen LogP contribution in [0.2, 0.25) is 5.02 Å². The number of nitriles is 1. The van der Waals surface area contributed by atoms with Crippen molar-refractivity contribution in [2.45, 2.75) is 6.18 Å². The molecule has 1 amide bonds. The molecule has 2 aromatic carbocycles. The Labute approximate surface area is 152 Å². The Bertz CT molecular complexity index is 902. The smallest absolute Gasteiger partial charge is 0.416 e. The fourth-order valence-electron chi connectivity index (χ4n) is 2.08. The Morgan fingerprint density at radius 3 is 2.58 bits per heavy atom. The Hall–Kier alpha value is -2.98. The number of primary amides is 1. The maximum Gasteiger partial charge on any atom is 0.416 e. The SMILES string of the molecule is N#CC(=Cc1ccc(OCC(N)=O)c(Cl)c1)c1cccc(C(F)(F)F)c1. The first kappa shape index (κ1) is 19.3. The monoisotopic (exact) mass is 380 g/mol. The van der Waals surface area contributed by atoms with E-state index in [9.17, 15) is 23.2 Å². The highest BCUT2D eigenvalue weighted by atomic mass is 35.5. The molecule has 2 aromatic rings. The second-order valence-electron chi connectivity index (χ2n) is 5.19. The largest absolute Gasteiger partial charge is 0.482 e. The zero-order valence-electron chi connectivity index (χ0n) is 13.2. The molecular weight excluding hydrogens is 369 g/mol. The van der Waals surface area contributed by atoms with Gasteiger partial charge in [0, 0.05) is 0 Å². The van der Waals surface area contributed by atoms with Gasteiger partial charge < -0.3 is 10.5 Å². The average Bonchev–Trinajstić information content (AvgIpc) is 2.58. The number of carbonyl (C=O) groups is 1. The lowest BCUT2D eigenvalue weighted by molar-refractivity contribution is -0.137. The molecule has 0 aliphatic heterocycles. The summed E-state index contributed by atoms with van der Waals surface area (Å²) in [5.74, 6) is -0.443. The number of ether oxygens (including phenoxy) is 1. The van der Waals surface area contributed by atoms with E-state index in [0.717, 1.165) is 12.1 Å². The van der Waals surface area contributed by atoms with Crippen molar-refractivity contribution >= 4 is 29.2 Å². The van der Waals surface area contributed by atoms with Gasteiger partial charge in [0.2, 0.25) is 0 Å². The Morgan fingerprint density at radius 1 is 1.27 bits per heavy atom. The van der Waals surface area contributed by atoms with Crippen LogP contribution in [0.1, 0.15) is 16.7 Å². The van der Waals surface area contributed by atoms with Crippen LogP contribution in [0, 0.1) is 11.3 Å². The normalized spacial score (nSPS) is 11.7. The van der Waals surface area contributed by atoms with Gasteiger partial charge in [-0.25, -0.2) is 0 Å². The zero-order valence-corrected chi connectivity index (χ0v) is 13.9. The van der Waals surface area contributed by atoms with Crippen molar-refractivity contribution < 1.29 is 22.7 Å². The van der Waals surface area contributed by atoms with Crippen molar-refractivity contribution in [2.24, 2.45) is 5.73 Å². The molecule has 0 unspecified atom stereocenters. The number of benzene rings is 2. The van der Waals surface area contributed by atoms with Crippen LogP contribution in [0.25, 0.3) is 11.6 Å². The van der Waals surface area contributed by atoms with Crippen LogP contribution in [0.15, 0.2) is 42.5 Å². The third-order valence-electron chi connectivity index (χ3n) is 3.26. The van der Waals surface area contributed by atoms with Gasteiger partial charge in [0.1, 0.15) is 5.75 Å². The standard InChI is InChI=1S/C18H12ClF3N2O2/c19-15-7-11(4-5-16(15)26-10-17(24)25)6-13(9-23)12-2-1-3-14(8-12)18(20,21)22/h1-8H,10H2,(H2,24,25). The molecule has 0 aliphatic rings. The first-order valence-electron chi connectivity index (χ1n) is 7.21. The molecule has 26 heavy (non-hydrogen) atoms. The minimum Gasteiger partial charge on any atom is -0.482 e. The van der Waals surface area contributed by atoms with Crippen molar-refractivity contribution in [1.29, 1.82) is 5.26 Å². The van der Waals surface area contributed by atoms with Crippen molar-refractivity contribution in [3.8, 4) is 11.8 Å². The fourth-order valence-corrected chi connectivity index (χ4v) is 2.33. The molecule has 0 aliphatic carbocycles. The second-order valence-corrected chi connectivity index (χ2v) is 5.60. The molecule has 0 atom stereocenters. The Morgan fingerprint density at radius 2 is 2.00 bits per heavy atom. The van der Waals surface area contributed by atoms with Crippen LogP contribution < -0.4 is 10.5 Å². The first-order chi connectivity index (χ1) is 12.2. The lowest BCUT2D eigenvalue weighted by atomic mass is 10.0. The van der Waals surface area contributed by atoms with E-state index in [1.807, 2.05) is 6.07 Å². The van der Waals surface area contributed by atoms with E-state index in [0.29, 0.717) is 5.56 Å². The summed E-state index contributed by atoms with van der Waals surface area (Å²) >= 11 is 6.03. The molecule has 0 radical (unpaired) electrons. The number of alkyl halides is 3. The third kappa shape index (κ3) is 5.01. The van der Waals surface area contributed by atoms with Gasteiger partial charge in [-0.15, -0.1) is 0 Å². The van der Waals surface area contributed by atoms with Gasteiger partial charge in [-0.2, -0.15) is 18.4 Å². The minimum absolute atomic E-state index is 0.0398. The molecule has 2 rings (SSSR count). The molecule has 0 saturated heterocycles.